The quantitative estimate of drug-likeness (QED) is 0.785. The standard InChI is InChI=1S/C12H17N3O2/c1-7-8(2)14-10(9(7)6-13)15-11(16)17-12(3,4)5/h14H,1-5H3,(H,15,16). The first-order valence-corrected chi connectivity index (χ1v) is 5.34. The van der Waals surface area contributed by atoms with Crippen LogP contribution in [-0.2, 0) is 4.74 Å². The lowest BCUT2D eigenvalue weighted by Gasteiger charge is -2.19. The predicted molar refractivity (Wildman–Crippen MR) is 64.8 cm³/mol. The van der Waals surface area contributed by atoms with Crippen molar-refractivity contribution >= 4 is 11.9 Å². The van der Waals surface area contributed by atoms with Crippen molar-refractivity contribution in [1.82, 2.24) is 4.98 Å². The van der Waals surface area contributed by atoms with Crippen LogP contribution in [0, 0.1) is 25.2 Å². The van der Waals surface area contributed by atoms with E-state index in [1.165, 1.54) is 0 Å². The lowest BCUT2D eigenvalue weighted by Crippen LogP contribution is -2.27. The number of hydrogen-bond donors (Lipinski definition) is 2. The fourth-order valence-electron chi connectivity index (χ4n) is 1.36. The highest BCUT2D eigenvalue weighted by atomic mass is 16.6. The average molecular weight is 235 g/mol. The van der Waals surface area contributed by atoms with Crippen molar-refractivity contribution in [3.8, 4) is 6.07 Å². The van der Waals surface area contributed by atoms with Gasteiger partial charge in [0.05, 0.1) is 5.56 Å². The summed E-state index contributed by atoms with van der Waals surface area (Å²) in [5.41, 5.74) is 1.56. The molecule has 2 N–H and O–H groups in total. The summed E-state index contributed by atoms with van der Waals surface area (Å²) in [5.74, 6) is 0.386. The molecule has 0 aliphatic rings. The molecular formula is C12H17N3O2. The third kappa shape index (κ3) is 3.25. The van der Waals surface area contributed by atoms with E-state index >= 15 is 0 Å². The van der Waals surface area contributed by atoms with Gasteiger partial charge in [-0.2, -0.15) is 5.26 Å². The Hall–Kier alpha value is -1.96. The Labute approximate surface area is 101 Å². The summed E-state index contributed by atoms with van der Waals surface area (Å²) in [6, 6.07) is 2.05. The number of nitrogens with one attached hydrogen (secondary N) is 2. The molecule has 0 spiro atoms. The van der Waals surface area contributed by atoms with E-state index in [9.17, 15) is 4.79 Å². The lowest BCUT2D eigenvalue weighted by molar-refractivity contribution is 0.0635. The average Bonchev–Trinajstić information content (AvgIpc) is 2.39. The van der Waals surface area contributed by atoms with Gasteiger partial charge in [0, 0.05) is 5.69 Å². The first-order chi connectivity index (χ1) is 7.74. The molecule has 0 unspecified atom stereocenters. The monoisotopic (exact) mass is 235 g/mol. The molecule has 1 rings (SSSR count). The number of ether oxygens (including phenoxy) is 1. The van der Waals surface area contributed by atoms with Gasteiger partial charge in [0.1, 0.15) is 17.5 Å². The zero-order valence-electron chi connectivity index (χ0n) is 10.8. The van der Waals surface area contributed by atoms with Crippen LogP contribution in [0.25, 0.3) is 0 Å². The molecule has 1 aromatic heterocycles. The molecular weight excluding hydrogens is 218 g/mol. The maximum atomic E-state index is 11.6. The minimum atomic E-state index is -0.574. The number of nitrogens with zero attached hydrogens (tertiary/aromatic N) is 1. The number of H-pyrrole nitrogens is 1. The van der Waals surface area contributed by atoms with Crippen LogP contribution >= 0.6 is 0 Å². The number of carbonyl (C=O) groups is 1. The summed E-state index contributed by atoms with van der Waals surface area (Å²) >= 11 is 0. The highest BCUT2D eigenvalue weighted by molar-refractivity contribution is 5.86. The van der Waals surface area contributed by atoms with Crippen molar-refractivity contribution in [2.45, 2.75) is 40.2 Å². The number of amides is 1. The highest BCUT2D eigenvalue weighted by Gasteiger charge is 2.19. The van der Waals surface area contributed by atoms with Gasteiger partial charge in [0.2, 0.25) is 0 Å². The topological polar surface area (TPSA) is 77.9 Å². The second-order valence-corrected chi connectivity index (χ2v) is 4.86. The van der Waals surface area contributed by atoms with Crippen molar-refractivity contribution in [3.05, 3.63) is 16.8 Å². The second kappa shape index (κ2) is 4.50. The fraction of sp³-hybridized carbons (Fsp3) is 0.500. The van der Waals surface area contributed by atoms with Crippen LogP contribution in [0.15, 0.2) is 0 Å². The van der Waals surface area contributed by atoms with E-state index in [2.05, 4.69) is 16.4 Å². The second-order valence-electron chi connectivity index (χ2n) is 4.86. The van der Waals surface area contributed by atoms with Crippen LogP contribution in [0.4, 0.5) is 10.6 Å². The molecule has 1 amide bonds. The Morgan fingerprint density at radius 3 is 2.47 bits per heavy atom. The smallest absolute Gasteiger partial charge is 0.413 e. The molecule has 0 bridgehead atoms. The van der Waals surface area contributed by atoms with Crippen molar-refractivity contribution in [1.29, 1.82) is 5.26 Å². The molecule has 17 heavy (non-hydrogen) atoms. The summed E-state index contributed by atoms with van der Waals surface area (Å²) in [4.78, 5) is 14.5. The molecule has 1 heterocycles. The number of aromatic amines is 1. The molecule has 0 saturated carbocycles. The first-order valence-electron chi connectivity index (χ1n) is 5.34. The SMILES string of the molecule is Cc1[nH]c(NC(=O)OC(C)(C)C)c(C#N)c1C. The lowest BCUT2D eigenvalue weighted by atomic mass is 10.2. The third-order valence-electron chi connectivity index (χ3n) is 2.24. The Balaban J connectivity index is 2.87. The minimum Gasteiger partial charge on any atom is -0.444 e. The number of hydrogen-bond acceptors (Lipinski definition) is 3. The molecule has 92 valence electrons. The molecule has 5 heteroatoms. The number of rotatable bonds is 1. The van der Waals surface area contributed by atoms with Gasteiger partial charge in [-0.15, -0.1) is 0 Å². The van der Waals surface area contributed by atoms with E-state index in [0.29, 0.717) is 11.4 Å². The van der Waals surface area contributed by atoms with Gasteiger partial charge in [-0.3, -0.25) is 5.32 Å². The molecule has 5 nitrogen and oxygen atoms in total. The van der Waals surface area contributed by atoms with Gasteiger partial charge in [-0.1, -0.05) is 0 Å². The molecule has 0 radical (unpaired) electrons. The number of carbonyl (C=O) groups excluding carboxylic acids is 1. The maximum absolute atomic E-state index is 11.6. The number of nitriles is 1. The van der Waals surface area contributed by atoms with Crippen LogP contribution in [-0.4, -0.2) is 16.7 Å². The summed E-state index contributed by atoms with van der Waals surface area (Å²) in [5, 5.41) is 11.5. The zero-order valence-corrected chi connectivity index (χ0v) is 10.8. The Kier molecular flexibility index (Phi) is 3.47. The van der Waals surface area contributed by atoms with Crippen LogP contribution in [0.1, 0.15) is 37.6 Å². The number of aryl methyl sites for hydroxylation is 1. The normalized spacial score (nSPS) is 10.8. The van der Waals surface area contributed by atoms with Gasteiger partial charge in [0.15, 0.2) is 0 Å². The molecule has 0 aromatic carbocycles. The molecule has 0 atom stereocenters. The van der Waals surface area contributed by atoms with Crippen molar-refractivity contribution < 1.29 is 9.53 Å². The molecule has 0 aliphatic heterocycles. The summed E-state index contributed by atoms with van der Waals surface area (Å²) in [6.45, 7) is 9.01. The molecule has 1 aromatic rings. The van der Waals surface area contributed by atoms with E-state index in [0.717, 1.165) is 11.3 Å². The maximum Gasteiger partial charge on any atom is 0.413 e. The van der Waals surface area contributed by atoms with Gasteiger partial charge >= 0.3 is 6.09 Å². The molecule has 0 fully saturated rings. The van der Waals surface area contributed by atoms with Crippen molar-refractivity contribution in [2.24, 2.45) is 0 Å². The van der Waals surface area contributed by atoms with Crippen LogP contribution in [0.5, 0.6) is 0 Å². The van der Waals surface area contributed by atoms with Crippen molar-refractivity contribution in [2.75, 3.05) is 5.32 Å². The Morgan fingerprint density at radius 2 is 2.00 bits per heavy atom. The Morgan fingerprint density at radius 1 is 1.41 bits per heavy atom. The van der Waals surface area contributed by atoms with Gasteiger partial charge in [-0.05, 0) is 40.2 Å². The summed E-state index contributed by atoms with van der Waals surface area (Å²) in [6.07, 6.45) is -0.574. The van der Waals surface area contributed by atoms with E-state index in [1.54, 1.807) is 20.8 Å². The van der Waals surface area contributed by atoms with Crippen molar-refractivity contribution in [3.63, 3.8) is 0 Å². The molecule has 0 aliphatic carbocycles. The summed E-state index contributed by atoms with van der Waals surface area (Å²) < 4.78 is 5.11. The molecule has 0 saturated heterocycles. The summed E-state index contributed by atoms with van der Waals surface area (Å²) in [7, 11) is 0. The van der Waals surface area contributed by atoms with Gasteiger partial charge < -0.3 is 9.72 Å². The van der Waals surface area contributed by atoms with E-state index in [-0.39, 0.29) is 0 Å². The minimum absolute atomic E-state index is 0.386. The van der Waals surface area contributed by atoms with Crippen LogP contribution in [0.3, 0.4) is 0 Å². The highest BCUT2D eigenvalue weighted by Crippen LogP contribution is 2.21. The number of aromatic nitrogens is 1. The van der Waals surface area contributed by atoms with Crippen LogP contribution < -0.4 is 5.32 Å². The Bertz CT molecular complexity index is 475. The van der Waals surface area contributed by atoms with E-state index in [1.807, 2.05) is 13.8 Å². The fourth-order valence-corrected chi connectivity index (χ4v) is 1.36. The van der Waals surface area contributed by atoms with Crippen LogP contribution in [0.2, 0.25) is 0 Å². The van der Waals surface area contributed by atoms with Gasteiger partial charge in [0.25, 0.3) is 0 Å². The predicted octanol–water partition coefficient (Wildman–Crippen LogP) is 2.85. The zero-order chi connectivity index (χ0) is 13.2. The first kappa shape index (κ1) is 13.1. The third-order valence-corrected chi connectivity index (χ3v) is 2.24. The number of anilines is 1. The van der Waals surface area contributed by atoms with E-state index in [4.69, 9.17) is 10.00 Å². The largest absolute Gasteiger partial charge is 0.444 e. The van der Waals surface area contributed by atoms with E-state index < -0.39 is 11.7 Å². The van der Waals surface area contributed by atoms with Gasteiger partial charge in [-0.25, -0.2) is 4.79 Å².